The molecule has 0 fully saturated rings. The summed E-state index contributed by atoms with van der Waals surface area (Å²) >= 11 is 0. The van der Waals surface area contributed by atoms with E-state index >= 15 is 0 Å². The lowest BCUT2D eigenvalue weighted by Gasteiger charge is -2.39. The first-order valence-corrected chi connectivity index (χ1v) is 11.2. The van der Waals surface area contributed by atoms with Crippen LogP contribution in [0, 0.1) is 12.3 Å². The van der Waals surface area contributed by atoms with Gasteiger partial charge in [-0.15, -0.1) is 6.42 Å². The number of azide groups is 1. The van der Waals surface area contributed by atoms with Gasteiger partial charge in [0.15, 0.2) is 8.32 Å². The van der Waals surface area contributed by atoms with Crippen LogP contribution >= 0.6 is 0 Å². The van der Waals surface area contributed by atoms with Gasteiger partial charge in [0, 0.05) is 11.5 Å². The van der Waals surface area contributed by atoms with Gasteiger partial charge in [0.05, 0.1) is 19.2 Å². The van der Waals surface area contributed by atoms with Crippen LogP contribution in [0.25, 0.3) is 10.4 Å². The molecule has 0 aromatic carbocycles. The van der Waals surface area contributed by atoms with Gasteiger partial charge in [0.2, 0.25) is 0 Å². The predicted molar refractivity (Wildman–Crippen MR) is 103 cm³/mol. The van der Waals surface area contributed by atoms with Crippen LogP contribution in [-0.4, -0.2) is 50.6 Å². The molecule has 0 aliphatic rings. The quantitative estimate of drug-likeness (QED) is 0.217. The highest BCUT2D eigenvalue weighted by Crippen LogP contribution is 2.36. The fourth-order valence-electron chi connectivity index (χ4n) is 1.65. The lowest BCUT2D eigenvalue weighted by atomic mass is 10.2. The van der Waals surface area contributed by atoms with Gasteiger partial charge in [-0.1, -0.05) is 31.8 Å². The zero-order valence-electron chi connectivity index (χ0n) is 16.8. The Morgan fingerprint density at radius 1 is 1.32 bits per heavy atom. The Labute approximate surface area is 152 Å². The first-order valence-electron chi connectivity index (χ1n) is 8.33. The Morgan fingerprint density at radius 3 is 2.28 bits per heavy atom. The average Bonchev–Trinajstić information content (AvgIpc) is 2.42. The zero-order chi connectivity index (χ0) is 19.9. The van der Waals surface area contributed by atoms with Crippen molar-refractivity contribution in [3.63, 3.8) is 0 Å². The van der Waals surface area contributed by atoms with Gasteiger partial charge in [-0.2, -0.15) is 0 Å². The maximum atomic E-state index is 12.5. The van der Waals surface area contributed by atoms with Crippen molar-refractivity contribution in [2.24, 2.45) is 5.11 Å². The number of nitrogens with zero attached hydrogens (tertiary/aromatic N) is 4. The van der Waals surface area contributed by atoms with Gasteiger partial charge in [-0.3, -0.25) is 4.90 Å². The first kappa shape index (κ1) is 23.3. The second-order valence-corrected chi connectivity index (χ2v) is 13.3. The minimum absolute atomic E-state index is 0.0267. The molecule has 8 heteroatoms. The maximum Gasteiger partial charge on any atom is 0.411 e. The van der Waals surface area contributed by atoms with Crippen molar-refractivity contribution in [1.29, 1.82) is 0 Å². The van der Waals surface area contributed by atoms with E-state index < -0.39 is 26.1 Å². The summed E-state index contributed by atoms with van der Waals surface area (Å²) in [7, 11) is -2.02. The molecule has 0 aliphatic heterocycles. The molecule has 0 saturated heterocycles. The smallest absolute Gasteiger partial charge is 0.411 e. The number of carbonyl (C=O) groups is 1. The maximum absolute atomic E-state index is 12.5. The molecule has 7 nitrogen and oxygen atoms in total. The Morgan fingerprint density at radius 2 is 1.88 bits per heavy atom. The molecule has 0 radical (unpaired) electrons. The third kappa shape index (κ3) is 8.30. The number of hydrogen-bond donors (Lipinski definition) is 0. The van der Waals surface area contributed by atoms with Gasteiger partial charge in [-0.05, 0) is 44.4 Å². The molecule has 0 aliphatic carbocycles. The predicted octanol–water partition coefficient (Wildman–Crippen LogP) is 4.56. The minimum atomic E-state index is -2.02. The second-order valence-electron chi connectivity index (χ2n) is 8.45. The summed E-state index contributed by atoms with van der Waals surface area (Å²) in [4.78, 5) is 16.7. The molecule has 0 heterocycles. The molecule has 0 bridgehead atoms. The van der Waals surface area contributed by atoms with Crippen LogP contribution in [0.4, 0.5) is 4.79 Å². The van der Waals surface area contributed by atoms with E-state index in [0.29, 0.717) is 0 Å². The van der Waals surface area contributed by atoms with Crippen LogP contribution in [0.15, 0.2) is 5.11 Å². The molecule has 0 saturated carbocycles. The Hall–Kier alpha value is -1.68. The highest BCUT2D eigenvalue weighted by atomic mass is 28.4. The van der Waals surface area contributed by atoms with E-state index in [9.17, 15) is 4.79 Å². The fraction of sp³-hybridized carbons (Fsp3) is 0.824. The summed E-state index contributed by atoms with van der Waals surface area (Å²) in [6, 6.07) is -0.476. The normalized spacial score (nSPS) is 13.4. The third-order valence-electron chi connectivity index (χ3n) is 4.13. The summed E-state index contributed by atoms with van der Waals surface area (Å²) in [6.07, 6.45) is 4.87. The highest BCUT2D eigenvalue weighted by Gasteiger charge is 2.38. The number of terminal acetylenes is 1. The molecule has 0 unspecified atom stereocenters. The van der Waals surface area contributed by atoms with E-state index in [2.05, 4.69) is 49.8 Å². The minimum Gasteiger partial charge on any atom is -0.444 e. The summed E-state index contributed by atoms with van der Waals surface area (Å²) in [5.41, 5.74) is 8.01. The highest BCUT2D eigenvalue weighted by molar-refractivity contribution is 6.74. The largest absolute Gasteiger partial charge is 0.444 e. The third-order valence-corrected chi connectivity index (χ3v) is 8.63. The summed E-state index contributed by atoms with van der Waals surface area (Å²) in [5, 5.41) is 3.64. The molecule has 0 rings (SSSR count). The number of rotatable bonds is 7. The van der Waals surface area contributed by atoms with Crippen molar-refractivity contribution in [2.45, 2.75) is 71.3 Å². The van der Waals surface area contributed by atoms with E-state index in [-0.39, 0.29) is 24.7 Å². The van der Waals surface area contributed by atoms with Crippen molar-refractivity contribution < 1.29 is 14.0 Å². The lowest BCUT2D eigenvalue weighted by Crippen LogP contribution is -2.50. The molecular weight excluding hydrogens is 336 g/mol. The molecular formula is C17H32N4O3Si. The van der Waals surface area contributed by atoms with E-state index in [1.807, 2.05) is 0 Å². The monoisotopic (exact) mass is 368 g/mol. The van der Waals surface area contributed by atoms with Crippen LogP contribution in [0.5, 0.6) is 0 Å². The first-order chi connectivity index (χ1) is 11.2. The number of carbonyl (C=O) groups excluding carboxylic acids is 1. The molecule has 0 spiro atoms. The average molecular weight is 369 g/mol. The summed E-state index contributed by atoms with van der Waals surface area (Å²) < 4.78 is 11.6. The molecule has 0 aromatic heterocycles. The van der Waals surface area contributed by atoms with Crippen molar-refractivity contribution in [3.8, 4) is 12.3 Å². The van der Waals surface area contributed by atoms with Gasteiger partial charge >= 0.3 is 6.09 Å². The van der Waals surface area contributed by atoms with Crippen LogP contribution in [0.3, 0.4) is 0 Å². The van der Waals surface area contributed by atoms with E-state index in [1.54, 1.807) is 20.8 Å². The second kappa shape index (κ2) is 9.14. The van der Waals surface area contributed by atoms with Crippen molar-refractivity contribution >= 4 is 14.4 Å². The molecule has 25 heavy (non-hydrogen) atoms. The van der Waals surface area contributed by atoms with Crippen LogP contribution in [-0.2, 0) is 9.16 Å². The van der Waals surface area contributed by atoms with Crippen molar-refractivity contribution in [3.05, 3.63) is 10.4 Å². The van der Waals surface area contributed by atoms with Crippen LogP contribution < -0.4 is 0 Å². The standard InChI is InChI=1S/C17H32N4O3Si/c1-10-11-21(15(22)24-16(2,3)4)14(12-19-20-18)13-23-25(8,9)17(5,6)7/h1,14H,11-13H2,2-9H3/t14-/m1/s1. The molecule has 0 aromatic rings. The number of ether oxygens (including phenoxy) is 1. The van der Waals surface area contributed by atoms with Gasteiger partial charge in [-0.25, -0.2) is 4.79 Å². The summed E-state index contributed by atoms with van der Waals surface area (Å²) in [5.74, 6) is 2.46. The SMILES string of the molecule is C#CCN(C(=O)OC(C)(C)C)[C@H](CN=[N+]=[N-])CO[Si](C)(C)C(C)(C)C. The van der Waals surface area contributed by atoms with Crippen LogP contribution in [0.1, 0.15) is 41.5 Å². The summed E-state index contributed by atoms with van der Waals surface area (Å²) in [6.45, 7) is 16.4. The van der Waals surface area contributed by atoms with Gasteiger partial charge in [0.1, 0.15) is 5.60 Å². The van der Waals surface area contributed by atoms with Crippen LogP contribution in [0.2, 0.25) is 18.1 Å². The van der Waals surface area contributed by atoms with Crippen molar-refractivity contribution in [2.75, 3.05) is 19.7 Å². The molecule has 1 atom stereocenters. The molecule has 142 valence electrons. The van der Waals surface area contributed by atoms with Crippen molar-refractivity contribution in [1.82, 2.24) is 4.90 Å². The molecule has 0 N–H and O–H groups in total. The molecule has 1 amide bonds. The van der Waals surface area contributed by atoms with E-state index in [0.717, 1.165) is 0 Å². The zero-order valence-corrected chi connectivity index (χ0v) is 17.8. The number of amides is 1. The fourth-order valence-corrected chi connectivity index (χ4v) is 2.70. The Bertz CT molecular complexity index is 538. The lowest BCUT2D eigenvalue weighted by molar-refractivity contribution is 0.0146. The van der Waals surface area contributed by atoms with E-state index in [1.165, 1.54) is 4.90 Å². The Balaban J connectivity index is 5.39. The Kier molecular flexibility index (Phi) is 8.52. The van der Waals surface area contributed by atoms with Gasteiger partial charge in [0.25, 0.3) is 0 Å². The van der Waals surface area contributed by atoms with E-state index in [4.69, 9.17) is 21.1 Å². The number of hydrogen-bond acceptors (Lipinski definition) is 4. The van der Waals surface area contributed by atoms with Gasteiger partial charge < -0.3 is 9.16 Å². The topological polar surface area (TPSA) is 87.5 Å².